The molecule has 6 nitrogen and oxygen atoms in total. The van der Waals surface area contributed by atoms with E-state index in [1.807, 2.05) is 13.8 Å². The summed E-state index contributed by atoms with van der Waals surface area (Å²) in [5, 5.41) is 2.73. The van der Waals surface area contributed by atoms with Gasteiger partial charge in [-0.15, -0.1) is 0 Å². The predicted molar refractivity (Wildman–Crippen MR) is 87.5 cm³/mol. The van der Waals surface area contributed by atoms with Crippen molar-refractivity contribution in [3.8, 4) is 0 Å². The molecular weight excluding hydrogens is 304 g/mol. The monoisotopic (exact) mass is 334 g/mol. The van der Waals surface area contributed by atoms with E-state index in [4.69, 9.17) is 4.74 Å². The maximum atomic E-state index is 11.9. The second kappa shape index (κ2) is 8.84. The van der Waals surface area contributed by atoms with E-state index in [9.17, 15) is 13.2 Å². The molecule has 1 heterocycles. The van der Waals surface area contributed by atoms with Gasteiger partial charge in [-0.1, -0.05) is 13.8 Å². The molecule has 0 saturated carbocycles. The van der Waals surface area contributed by atoms with Crippen molar-refractivity contribution in [1.82, 2.24) is 10.2 Å². The lowest BCUT2D eigenvalue weighted by molar-refractivity contribution is -0.130. The number of nitrogens with one attached hydrogen (secondary N) is 1. The summed E-state index contributed by atoms with van der Waals surface area (Å²) in [5.41, 5.74) is 0. The van der Waals surface area contributed by atoms with Crippen LogP contribution in [0.5, 0.6) is 0 Å². The Morgan fingerprint density at radius 3 is 2.41 bits per heavy atom. The molecule has 1 fully saturated rings. The summed E-state index contributed by atoms with van der Waals surface area (Å²) in [7, 11) is -3.16. The van der Waals surface area contributed by atoms with Crippen LogP contribution < -0.4 is 5.32 Å². The van der Waals surface area contributed by atoms with Crippen molar-refractivity contribution in [3.05, 3.63) is 0 Å². The lowest BCUT2D eigenvalue weighted by Gasteiger charge is -2.39. The number of hydrogen-bond donors (Lipinski definition) is 1. The van der Waals surface area contributed by atoms with Gasteiger partial charge in [-0.05, 0) is 19.8 Å². The van der Waals surface area contributed by atoms with E-state index in [0.717, 1.165) is 19.6 Å². The topological polar surface area (TPSA) is 75.7 Å². The fourth-order valence-electron chi connectivity index (χ4n) is 2.39. The van der Waals surface area contributed by atoms with Crippen molar-refractivity contribution < 1.29 is 17.9 Å². The van der Waals surface area contributed by atoms with Crippen LogP contribution in [0.1, 0.15) is 27.7 Å². The number of ether oxygens (including phenoxy) is 1. The second-order valence-electron chi connectivity index (χ2n) is 6.67. The third-order valence-corrected chi connectivity index (χ3v) is 5.12. The molecule has 0 aromatic rings. The minimum absolute atomic E-state index is 0.00530. The van der Waals surface area contributed by atoms with E-state index in [1.165, 1.54) is 0 Å². The Hall–Kier alpha value is -0.660. The summed E-state index contributed by atoms with van der Waals surface area (Å²) in [5.74, 6) is 0.552. The van der Waals surface area contributed by atoms with Gasteiger partial charge in [0, 0.05) is 26.2 Å². The highest BCUT2D eigenvalue weighted by atomic mass is 32.2. The molecule has 0 aromatic heterocycles. The molecule has 1 N–H and O–H groups in total. The molecule has 1 aliphatic rings. The zero-order valence-corrected chi connectivity index (χ0v) is 15.0. The van der Waals surface area contributed by atoms with Gasteiger partial charge in [0.2, 0.25) is 5.91 Å². The third-order valence-electron chi connectivity index (χ3n) is 3.51. The van der Waals surface area contributed by atoms with E-state index < -0.39 is 9.84 Å². The maximum Gasteiger partial charge on any atom is 0.225 e. The second-order valence-corrected chi connectivity index (χ2v) is 8.98. The van der Waals surface area contributed by atoms with E-state index in [0.29, 0.717) is 5.92 Å². The molecule has 22 heavy (non-hydrogen) atoms. The molecule has 0 bridgehead atoms. The predicted octanol–water partition coefficient (Wildman–Crippen LogP) is 0.530. The summed E-state index contributed by atoms with van der Waals surface area (Å²) in [6.45, 7) is 11.0. The van der Waals surface area contributed by atoms with Crippen molar-refractivity contribution in [2.24, 2.45) is 11.8 Å². The molecule has 0 atom stereocenters. The quantitative estimate of drug-likeness (QED) is 0.631. The smallest absolute Gasteiger partial charge is 0.225 e. The van der Waals surface area contributed by atoms with Crippen LogP contribution in [0.2, 0.25) is 0 Å². The van der Waals surface area contributed by atoms with Gasteiger partial charge >= 0.3 is 0 Å². The maximum absolute atomic E-state index is 11.9. The van der Waals surface area contributed by atoms with Crippen LogP contribution in [0.25, 0.3) is 0 Å². The Morgan fingerprint density at radius 2 is 1.86 bits per heavy atom. The average molecular weight is 334 g/mol. The molecule has 0 radical (unpaired) electrons. The van der Waals surface area contributed by atoms with Crippen molar-refractivity contribution in [2.45, 2.75) is 33.8 Å². The van der Waals surface area contributed by atoms with E-state index in [2.05, 4.69) is 24.1 Å². The van der Waals surface area contributed by atoms with Gasteiger partial charge in [0.05, 0.1) is 30.1 Å². The van der Waals surface area contributed by atoms with Crippen LogP contribution in [-0.2, 0) is 19.4 Å². The van der Waals surface area contributed by atoms with Crippen LogP contribution >= 0.6 is 0 Å². The molecule has 0 aromatic carbocycles. The number of hydrogen-bond acceptors (Lipinski definition) is 5. The molecule has 1 amide bonds. The molecule has 1 aliphatic heterocycles. The van der Waals surface area contributed by atoms with Crippen LogP contribution in [0, 0.1) is 11.8 Å². The zero-order valence-electron chi connectivity index (χ0n) is 14.2. The Labute approximate surface area is 134 Å². The number of sulfone groups is 1. The number of nitrogens with zero attached hydrogens (tertiary/aromatic N) is 1. The highest BCUT2D eigenvalue weighted by molar-refractivity contribution is 7.91. The highest BCUT2D eigenvalue weighted by Crippen LogP contribution is 2.16. The number of rotatable bonds is 10. The van der Waals surface area contributed by atoms with Gasteiger partial charge in [-0.25, -0.2) is 8.42 Å². The largest absolute Gasteiger partial charge is 0.378 e. The van der Waals surface area contributed by atoms with Crippen molar-refractivity contribution in [3.63, 3.8) is 0 Å². The minimum atomic E-state index is -3.16. The number of amides is 1. The normalized spacial score (nSPS) is 17.0. The van der Waals surface area contributed by atoms with Crippen molar-refractivity contribution >= 4 is 15.7 Å². The Bertz CT molecular complexity index is 442. The first-order chi connectivity index (χ1) is 10.2. The van der Waals surface area contributed by atoms with E-state index >= 15 is 0 Å². The van der Waals surface area contributed by atoms with Crippen molar-refractivity contribution in [1.29, 1.82) is 0 Å². The van der Waals surface area contributed by atoms with Gasteiger partial charge in [0.1, 0.15) is 0 Å². The molecule has 1 saturated heterocycles. The van der Waals surface area contributed by atoms with Crippen LogP contribution in [0.15, 0.2) is 0 Å². The summed E-state index contributed by atoms with van der Waals surface area (Å²) in [6.07, 6.45) is 0.0299. The fourth-order valence-corrected chi connectivity index (χ4v) is 3.36. The van der Waals surface area contributed by atoms with Gasteiger partial charge in [0.25, 0.3) is 0 Å². The fraction of sp³-hybridized carbons (Fsp3) is 0.933. The van der Waals surface area contributed by atoms with Crippen LogP contribution in [0.4, 0.5) is 0 Å². The molecular formula is C15H30N2O4S. The molecule has 0 aliphatic carbocycles. The van der Waals surface area contributed by atoms with Crippen LogP contribution in [0.3, 0.4) is 0 Å². The highest BCUT2D eigenvalue weighted by Gasteiger charge is 2.32. The van der Waals surface area contributed by atoms with Crippen molar-refractivity contribution in [2.75, 3.05) is 44.3 Å². The summed E-state index contributed by atoms with van der Waals surface area (Å²) in [4.78, 5) is 14.1. The summed E-state index contributed by atoms with van der Waals surface area (Å²) < 4.78 is 28.8. The zero-order chi connectivity index (χ0) is 16.8. The molecule has 7 heteroatoms. The standard InChI is InChI=1S/C15H30N2O4S/c1-12(2)9-17-10-14(11-17)15(18)16-5-7-22(19,20)8-6-21-13(3)4/h12-14H,5-11H2,1-4H3,(H,16,18). The molecule has 130 valence electrons. The first kappa shape index (κ1) is 19.4. The third kappa shape index (κ3) is 7.56. The summed E-state index contributed by atoms with van der Waals surface area (Å²) in [6, 6.07) is 0. The summed E-state index contributed by atoms with van der Waals surface area (Å²) >= 11 is 0. The van der Waals surface area contributed by atoms with Gasteiger partial charge in [-0.3, -0.25) is 4.79 Å². The Morgan fingerprint density at radius 1 is 1.23 bits per heavy atom. The van der Waals surface area contributed by atoms with Gasteiger partial charge < -0.3 is 15.0 Å². The first-order valence-electron chi connectivity index (χ1n) is 8.01. The average Bonchev–Trinajstić information content (AvgIpc) is 2.31. The van der Waals surface area contributed by atoms with E-state index in [-0.39, 0.29) is 42.6 Å². The van der Waals surface area contributed by atoms with Crippen LogP contribution in [-0.4, -0.2) is 69.6 Å². The lowest BCUT2D eigenvalue weighted by Crippen LogP contribution is -2.54. The Balaban J connectivity index is 2.15. The molecule has 0 spiro atoms. The first-order valence-corrected chi connectivity index (χ1v) is 9.84. The minimum Gasteiger partial charge on any atom is -0.378 e. The van der Waals surface area contributed by atoms with E-state index in [1.54, 1.807) is 0 Å². The number of carbonyl (C=O) groups is 1. The van der Waals surface area contributed by atoms with Gasteiger partial charge in [0.15, 0.2) is 9.84 Å². The SMILES string of the molecule is CC(C)CN1CC(C(=O)NCCS(=O)(=O)CCOC(C)C)C1. The molecule has 0 unspecified atom stereocenters. The number of likely N-dealkylation sites (tertiary alicyclic amines) is 1. The Kier molecular flexibility index (Phi) is 7.79. The lowest BCUT2D eigenvalue weighted by atomic mass is 9.98. The molecule has 1 rings (SSSR count). The number of carbonyl (C=O) groups excluding carboxylic acids is 1. The van der Waals surface area contributed by atoms with Gasteiger partial charge in [-0.2, -0.15) is 0 Å².